The van der Waals surface area contributed by atoms with Crippen molar-refractivity contribution < 1.29 is 23.8 Å². The molecule has 1 saturated heterocycles. The molecular formula is C28H22FN3O4S2. The molecule has 0 aliphatic carbocycles. The minimum absolute atomic E-state index is 0.0391. The Labute approximate surface area is 226 Å². The molecule has 0 spiro atoms. The highest BCUT2D eigenvalue weighted by Gasteiger charge is 2.48. The second-order valence-corrected chi connectivity index (χ2v) is 10.8. The van der Waals surface area contributed by atoms with Crippen molar-refractivity contribution in [1.29, 1.82) is 0 Å². The smallest absolute Gasteiger partial charge is 0.301 e. The first-order valence-corrected chi connectivity index (χ1v) is 13.4. The van der Waals surface area contributed by atoms with Crippen LogP contribution >= 0.6 is 23.1 Å². The fourth-order valence-electron chi connectivity index (χ4n) is 4.11. The van der Waals surface area contributed by atoms with E-state index in [2.05, 4.69) is 10.2 Å². The summed E-state index contributed by atoms with van der Waals surface area (Å²) in [6.07, 6.45) is 0. The lowest BCUT2D eigenvalue weighted by Crippen LogP contribution is -2.29. The summed E-state index contributed by atoms with van der Waals surface area (Å²) in [5.74, 6) is -1.13. The highest BCUT2D eigenvalue weighted by molar-refractivity contribution is 8.00. The van der Waals surface area contributed by atoms with Crippen molar-refractivity contribution in [2.45, 2.75) is 23.1 Å². The maximum Gasteiger partial charge on any atom is 0.301 e. The molecule has 1 fully saturated rings. The number of hydrogen-bond acceptors (Lipinski definition) is 8. The first kappa shape index (κ1) is 25.6. The van der Waals surface area contributed by atoms with Crippen molar-refractivity contribution in [3.63, 3.8) is 0 Å². The van der Waals surface area contributed by atoms with E-state index < -0.39 is 17.7 Å². The second-order valence-electron chi connectivity index (χ2n) is 8.58. The molecule has 1 N–H and O–H groups in total. The lowest BCUT2D eigenvalue weighted by molar-refractivity contribution is -0.132. The molecule has 7 nitrogen and oxygen atoms in total. The largest absolute Gasteiger partial charge is 0.507 e. The summed E-state index contributed by atoms with van der Waals surface area (Å²) in [6.45, 7) is 1.92. The fraction of sp³-hybridized carbons (Fsp3) is 0.143. The van der Waals surface area contributed by atoms with E-state index in [0.29, 0.717) is 27.0 Å². The van der Waals surface area contributed by atoms with Crippen LogP contribution in [0.3, 0.4) is 0 Å². The molecule has 38 heavy (non-hydrogen) atoms. The summed E-state index contributed by atoms with van der Waals surface area (Å²) >= 11 is 2.55. The molecule has 0 saturated carbocycles. The van der Waals surface area contributed by atoms with Crippen molar-refractivity contribution in [3.8, 4) is 5.75 Å². The van der Waals surface area contributed by atoms with Crippen molar-refractivity contribution in [3.05, 3.63) is 106 Å². The van der Waals surface area contributed by atoms with E-state index in [9.17, 15) is 19.1 Å². The minimum atomic E-state index is -0.936. The lowest BCUT2D eigenvalue weighted by Gasteiger charge is -2.23. The molecule has 10 heteroatoms. The summed E-state index contributed by atoms with van der Waals surface area (Å²) < 4.78 is 19.2. The minimum Gasteiger partial charge on any atom is -0.507 e. The number of aryl methyl sites for hydroxylation is 1. The molecule has 4 aromatic rings. The zero-order valence-corrected chi connectivity index (χ0v) is 22.1. The average molecular weight is 548 g/mol. The highest BCUT2D eigenvalue weighted by Crippen LogP contribution is 2.44. The predicted octanol–water partition coefficient (Wildman–Crippen LogP) is 5.91. The Morgan fingerprint density at radius 2 is 1.82 bits per heavy atom. The van der Waals surface area contributed by atoms with Crippen molar-refractivity contribution in [2.75, 3.05) is 12.0 Å². The number of aliphatic hydroxyl groups excluding tert-OH is 1. The molecule has 1 aliphatic rings. The Balaban J connectivity index is 1.54. The molecule has 2 heterocycles. The number of ketones is 1. The van der Waals surface area contributed by atoms with Crippen LogP contribution in [0.4, 0.5) is 9.52 Å². The first-order chi connectivity index (χ1) is 18.4. The van der Waals surface area contributed by atoms with Gasteiger partial charge in [0.1, 0.15) is 17.3 Å². The Hall–Kier alpha value is -4.02. The third-order valence-electron chi connectivity index (χ3n) is 6.06. The quantitative estimate of drug-likeness (QED) is 0.101. The maximum atomic E-state index is 13.4. The van der Waals surface area contributed by atoms with E-state index >= 15 is 0 Å². The van der Waals surface area contributed by atoms with Crippen LogP contribution in [0, 0.1) is 12.7 Å². The van der Waals surface area contributed by atoms with Crippen LogP contribution in [-0.2, 0) is 15.3 Å². The zero-order chi connectivity index (χ0) is 26.8. The Morgan fingerprint density at radius 3 is 2.53 bits per heavy atom. The molecule has 192 valence electrons. The molecule has 0 radical (unpaired) electrons. The van der Waals surface area contributed by atoms with Crippen LogP contribution in [0.5, 0.6) is 5.75 Å². The third-order valence-corrected chi connectivity index (χ3v) is 8.18. The van der Waals surface area contributed by atoms with Gasteiger partial charge < -0.3 is 9.84 Å². The second kappa shape index (κ2) is 10.8. The standard InChI is InChI=1S/C28H22FN3O4S2/c1-16-6-10-18(11-7-16)24(33)22-23(19-4-3-5-21(14-19)36-2)32(26(35)25(22)34)27-30-31-28(38-27)37-15-17-8-12-20(29)13-9-17/h3-14,23,33H,15H2,1-2H3/b24-22-. The van der Waals surface area contributed by atoms with E-state index in [4.69, 9.17) is 4.74 Å². The van der Waals surface area contributed by atoms with Gasteiger partial charge in [0.2, 0.25) is 5.13 Å². The number of thioether (sulfide) groups is 1. The number of benzene rings is 3. The third kappa shape index (κ3) is 5.05. The van der Waals surface area contributed by atoms with E-state index in [1.807, 2.05) is 19.1 Å². The number of carbonyl (C=O) groups excluding carboxylic acids is 2. The molecule has 1 aromatic heterocycles. The van der Waals surface area contributed by atoms with Gasteiger partial charge in [0, 0.05) is 11.3 Å². The number of nitrogens with zero attached hydrogens (tertiary/aromatic N) is 3. The highest BCUT2D eigenvalue weighted by atomic mass is 32.2. The zero-order valence-electron chi connectivity index (χ0n) is 20.4. The Kier molecular flexibility index (Phi) is 7.26. The number of ether oxygens (including phenoxy) is 1. The van der Waals surface area contributed by atoms with Gasteiger partial charge in [-0.25, -0.2) is 4.39 Å². The molecule has 5 rings (SSSR count). The van der Waals surface area contributed by atoms with Crippen molar-refractivity contribution >= 4 is 45.7 Å². The summed E-state index contributed by atoms with van der Waals surface area (Å²) in [4.78, 5) is 28.0. The lowest BCUT2D eigenvalue weighted by atomic mass is 9.95. The number of aromatic nitrogens is 2. The van der Waals surface area contributed by atoms with E-state index in [1.54, 1.807) is 48.5 Å². The topological polar surface area (TPSA) is 92.6 Å². The fourth-order valence-corrected chi connectivity index (χ4v) is 5.93. The van der Waals surface area contributed by atoms with E-state index in [-0.39, 0.29) is 22.3 Å². The number of Topliss-reactive ketones (excluding diaryl/α,β-unsaturated/α-hetero) is 1. The van der Waals surface area contributed by atoms with E-state index in [1.165, 1.54) is 35.9 Å². The van der Waals surface area contributed by atoms with Crippen molar-refractivity contribution in [2.24, 2.45) is 0 Å². The predicted molar refractivity (Wildman–Crippen MR) is 145 cm³/mol. The van der Waals surface area contributed by atoms with Gasteiger partial charge >= 0.3 is 5.91 Å². The summed E-state index contributed by atoms with van der Waals surface area (Å²) in [5.41, 5.74) is 2.86. The monoisotopic (exact) mass is 547 g/mol. The summed E-state index contributed by atoms with van der Waals surface area (Å²) in [5, 5.41) is 19.9. The first-order valence-electron chi connectivity index (χ1n) is 11.6. The van der Waals surface area contributed by atoms with Gasteiger partial charge in [-0.3, -0.25) is 14.5 Å². The molecule has 1 atom stereocenters. The molecule has 1 aliphatic heterocycles. The van der Waals surface area contributed by atoms with Gasteiger partial charge in [0.05, 0.1) is 18.7 Å². The maximum absolute atomic E-state index is 13.4. The Bertz CT molecular complexity index is 1530. The van der Waals surface area contributed by atoms with Gasteiger partial charge in [0.25, 0.3) is 5.78 Å². The van der Waals surface area contributed by atoms with Crippen LogP contribution in [0.2, 0.25) is 0 Å². The van der Waals surface area contributed by atoms with Crippen LogP contribution in [0.15, 0.2) is 82.7 Å². The number of hydrogen-bond donors (Lipinski definition) is 1. The van der Waals surface area contributed by atoms with Crippen LogP contribution in [-0.4, -0.2) is 34.1 Å². The number of rotatable bonds is 7. The van der Waals surface area contributed by atoms with Crippen LogP contribution in [0.25, 0.3) is 5.76 Å². The molecule has 1 amide bonds. The summed E-state index contributed by atoms with van der Waals surface area (Å²) in [6, 6.07) is 19.3. The number of amides is 1. The van der Waals surface area contributed by atoms with Gasteiger partial charge in [-0.1, -0.05) is 77.2 Å². The molecule has 0 bridgehead atoms. The van der Waals surface area contributed by atoms with Gasteiger partial charge in [-0.05, 0) is 42.3 Å². The normalized spacial score (nSPS) is 16.7. The number of methoxy groups -OCH3 is 1. The van der Waals surface area contributed by atoms with E-state index in [0.717, 1.165) is 22.5 Å². The molecular weight excluding hydrogens is 525 g/mol. The number of halogens is 1. The number of anilines is 1. The molecule has 1 unspecified atom stereocenters. The number of carbonyl (C=O) groups is 2. The average Bonchev–Trinajstić information content (AvgIpc) is 3.50. The number of aliphatic hydroxyl groups is 1. The summed E-state index contributed by atoms with van der Waals surface area (Å²) in [7, 11) is 1.53. The Morgan fingerprint density at radius 1 is 1.08 bits per heavy atom. The van der Waals surface area contributed by atoms with Gasteiger partial charge in [0.15, 0.2) is 4.34 Å². The van der Waals surface area contributed by atoms with Crippen LogP contribution in [0.1, 0.15) is 28.3 Å². The molecule has 3 aromatic carbocycles. The van der Waals surface area contributed by atoms with Gasteiger partial charge in [-0.15, -0.1) is 10.2 Å². The van der Waals surface area contributed by atoms with Crippen molar-refractivity contribution in [1.82, 2.24) is 10.2 Å². The SMILES string of the molecule is COc1cccc(C2/C(=C(/O)c3ccc(C)cc3)C(=O)C(=O)N2c2nnc(SCc3ccc(F)cc3)s2)c1. The van der Waals surface area contributed by atoms with Crippen LogP contribution < -0.4 is 9.64 Å². The van der Waals surface area contributed by atoms with Gasteiger partial charge in [-0.2, -0.15) is 0 Å².